The van der Waals surface area contributed by atoms with E-state index in [1.54, 1.807) is 14.2 Å². The normalized spacial score (nSPS) is 11.4. The minimum atomic E-state index is 0.777. The van der Waals surface area contributed by atoms with Crippen LogP contribution in [0.2, 0.25) is 0 Å². The molecule has 1 aromatic carbocycles. The van der Waals surface area contributed by atoms with Gasteiger partial charge in [-0.25, -0.2) is 0 Å². The molecule has 0 aliphatic rings. The van der Waals surface area contributed by atoms with Crippen molar-refractivity contribution in [3.05, 3.63) is 47.3 Å². The van der Waals surface area contributed by atoms with Gasteiger partial charge >= 0.3 is 0 Å². The fourth-order valence-electron chi connectivity index (χ4n) is 2.44. The maximum absolute atomic E-state index is 5.37. The lowest BCUT2D eigenvalue weighted by Crippen LogP contribution is -2.39. The van der Waals surface area contributed by atoms with E-state index in [1.165, 1.54) is 11.1 Å². The van der Waals surface area contributed by atoms with Crippen molar-refractivity contribution in [2.45, 2.75) is 26.8 Å². The van der Waals surface area contributed by atoms with Crippen LogP contribution in [0.25, 0.3) is 0 Å². The van der Waals surface area contributed by atoms with Crippen LogP contribution in [0.5, 0.6) is 5.75 Å². The molecule has 0 aliphatic heterocycles. The highest BCUT2D eigenvalue weighted by Crippen LogP contribution is 2.18. The molecule has 0 amide bonds. The lowest BCUT2D eigenvalue weighted by atomic mass is 10.1. The van der Waals surface area contributed by atoms with E-state index in [9.17, 15) is 0 Å². The molecule has 2 rings (SSSR count). The maximum Gasteiger partial charge on any atom is 0.191 e. The van der Waals surface area contributed by atoms with Crippen LogP contribution in [-0.2, 0) is 13.0 Å². The molecule has 24 heavy (non-hydrogen) atoms. The summed E-state index contributed by atoms with van der Waals surface area (Å²) in [7, 11) is 3.49. The Hall–Kier alpha value is -2.50. The number of nitrogens with one attached hydrogen (secondary N) is 2. The molecule has 130 valence electrons. The summed E-state index contributed by atoms with van der Waals surface area (Å²) in [6.45, 7) is 6.49. The number of guanidine groups is 1. The molecule has 0 saturated carbocycles. The van der Waals surface area contributed by atoms with Crippen molar-refractivity contribution in [1.82, 2.24) is 20.4 Å². The molecule has 6 heteroatoms. The Morgan fingerprint density at radius 2 is 2.04 bits per heavy atom. The smallest absolute Gasteiger partial charge is 0.191 e. The number of nitrogens with zero attached hydrogens (tertiary/aromatic N) is 3. The Morgan fingerprint density at radius 1 is 1.25 bits per heavy atom. The van der Waals surface area contributed by atoms with Gasteiger partial charge in [-0.05, 0) is 43.0 Å². The first-order chi connectivity index (χ1) is 11.6. The van der Waals surface area contributed by atoms with Gasteiger partial charge < -0.3 is 15.4 Å². The molecule has 2 N–H and O–H groups in total. The summed E-state index contributed by atoms with van der Waals surface area (Å²) in [5.41, 5.74) is 3.57. The molecular formula is C18H27N5O. The van der Waals surface area contributed by atoms with Crippen LogP contribution >= 0.6 is 0 Å². The van der Waals surface area contributed by atoms with E-state index in [2.05, 4.69) is 38.9 Å². The molecule has 0 aliphatic carbocycles. The third kappa shape index (κ3) is 5.30. The van der Waals surface area contributed by atoms with Gasteiger partial charge in [-0.3, -0.25) is 9.67 Å². The number of hydrogen-bond donors (Lipinski definition) is 2. The van der Waals surface area contributed by atoms with Gasteiger partial charge in [0.25, 0.3) is 0 Å². The van der Waals surface area contributed by atoms with Crippen molar-refractivity contribution in [2.75, 3.05) is 27.2 Å². The molecule has 0 unspecified atom stereocenters. The van der Waals surface area contributed by atoms with Gasteiger partial charge in [-0.1, -0.05) is 12.1 Å². The molecular weight excluding hydrogens is 302 g/mol. The highest BCUT2D eigenvalue weighted by Gasteiger charge is 2.02. The van der Waals surface area contributed by atoms with Crippen LogP contribution in [0, 0.1) is 13.8 Å². The number of aliphatic imine (C=N–C) groups is 1. The van der Waals surface area contributed by atoms with Crippen molar-refractivity contribution in [3.63, 3.8) is 0 Å². The minimum absolute atomic E-state index is 0.777. The van der Waals surface area contributed by atoms with Gasteiger partial charge in [0, 0.05) is 26.3 Å². The summed E-state index contributed by atoms with van der Waals surface area (Å²) in [6.07, 6.45) is 4.81. The molecule has 1 heterocycles. The Kier molecular flexibility index (Phi) is 6.66. The van der Waals surface area contributed by atoms with E-state index in [-0.39, 0.29) is 0 Å². The van der Waals surface area contributed by atoms with Crippen molar-refractivity contribution in [3.8, 4) is 5.75 Å². The summed E-state index contributed by atoms with van der Waals surface area (Å²) >= 11 is 0. The van der Waals surface area contributed by atoms with Crippen LogP contribution in [0.15, 0.2) is 35.6 Å². The summed E-state index contributed by atoms with van der Waals surface area (Å²) in [5.74, 6) is 1.74. The van der Waals surface area contributed by atoms with Crippen LogP contribution in [0.4, 0.5) is 0 Å². The second-order valence-corrected chi connectivity index (χ2v) is 5.76. The monoisotopic (exact) mass is 329 g/mol. The predicted octanol–water partition coefficient (Wildman–Crippen LogP) is 1.92. The summed E-state index contributed by atoms with van der Waals surface area (Å²) in [4.78, 5) is 4.24. The van der Waals surface area contributed by atoms with E-state index in [0.29, 0.717) is 0 Å². The second kappa shape index (κ2) is 8.96. The first-order valence-electron chi connectivity index (χ1n) is 8.19. The zero-order valence-corrected chi connectivity index (χ0v) is 15.0. The van der Waals surface area contributed by atoms with Crippen molar-refractivity contribution >= 4 is 5.96 Å². The number of benzene rings is 1. The van der Waals surface area contributed by atoms with Crippen LogP contribution in [0.3, 0.4) is 0 Å². The number of methoxy groups -OCH3 is 1. The first kappa shape index (κ1) is 17.8. The van der Waals surface area contributed by atoms with Gasteiger partial charge in [-0.2, -0.15) is 5.10 Å². The van der Waals surface area contributed by atoms with Gasteiger partial charge in [0.2, 0.25) is 0 Å². The van der Waals surface area contributed by atoms with Crippen molar-refractivity contribution in [2.24, 2.45) is 4.99 Å². The molecule has 6 nitrogen and oxygen atoms in total. The van der Waals surface area contributed by atoms with Gasteiger partial charge in [0.05, 0.1) is 19.9 Å². The van der Waals surface area contributed by atoms with Crippen LogP contribution < -0.4 is 15.4 Å². The Bertz CT molecular complexity index is 678. The number of hydrogen-bond acceptors (Lipinski definition) is 3. The minimum Gasteiger partial charge on any atom is -0.496 e. The largest absolute Gasteiger partial charge is 0.496 e. The van der Waals surface area contributed by atoms with Crippen LogP contribution in [0.1, 0.15) is 16.7 Å². The molecule has 0 fully saturated rings. The van der Waals surface area contributed by atoms with Gasteiger partial charge in [0.1, 0.15) is 5.75 Å². The third-order valence-electron chi connectivity index (χ3n) is 3.80. The van der Waals surface area contributed by atoms with Crippen LogP contribution in [-0.4, -0.2) is 43.0 Å². The highest BCUT2D eigenvalue weighted by atomic mass is 16.5. The molecule has 0 spiro atoms. The van der Waals surface area contributed by atoms with E-state index in [1.807, 2.05) is 30.9 Å². The third-order valence-corrected chi connectivity index (χ3v) is 3.80. The standard InChI is InChI=1S/C18H27N5O/c1-14-12-22-23(13-14)10-9-21-18(19-3)20-8-7-16-6-5-15(2)17(11-16)24-4/h5-6,11-13H,7-10H2,1-4H3,(H2,19,20,21). The average Bonchev–Trinajstić information content (AvgIpc) is 3.00. The number of aryl methyl sites for hydroxylation is 2. The lowest BCUT2D eigenvalue weighted by Gasteiger charge is -2.12. The number of rotatable bonds is 7. The summed E-state index contributed by atoms with van der Waals surface area (Å²) in [6, 6.07) is 6.32. The van der Waals surface area contributed by atoms with E-state index in [4.69, 9.17) is 4.74 Å². The highest BCUT2D eigenvalue weighted by molar-refractivity contribution is 5.79. The fourth-order valence-corrected chi connectivity index (χ4v) is 2.44. The van der Waals surface area contributed by atoms with Crippen molar-refractivity contribution < 1.29 is 4.74 Å². The molecule has 0 saturated heterocycles. The molecule has 0 bridgehead atoms. The molecule has 2 aromatic rings. The van der Waals surface area contributed by atoms with E-state index >= 15 is 0 Å². The number of ether oxygens (including phenoxy) is 1. The van der Waals surface area contributed by atoms with E-state index in [0.717, 1.165) is 43.3 Å². The average molecular weight is 329 g/mol. The lowest BCUT2D eigenvalue weighted by molar-refractivity contribution is 0.411. The van der Waals surface area contributed by atoms with Gasteiger partial charge in [0.15, 0.2) is 5.96 Å². The molecule has 0 atom stereocenters. The Labute approximate surface area is 143 Å². The zero-order chi connectivity index (χ0) is 17.4. The quantitative estimate of drug-likeness (QED) is 0.602. The first-order valence-corrected chi connectivity index (χ1v) is 8.19. The topological polar surface area (TPSA) is 63.5 Å². The number of aromatic nitrogens is 2. The summed E-state index contributed by atoms with van der Waals surface area (Å²) in [5, 5.41) is 10.9. The Balaban J connectivity index is 1.73. The SMILES string of the molecule is CN=C(NCCc1ccc(C)c(OC)c1)NCCn1cc(C)cn1. The predicted molar refractivity (Wildman–Crippen MR) is 97.8 cm³/mol. The van der Waals surface area contributed by atoms with E-state index < -0.39 is 0 Å². The molecule has 1 aromatic heterocycles. The second-order valence-electron chi connectivity index (χ2n) is 5.76. The zero-order valence-electron chi connectivity index (χ0n) is 15.0. The Morgan fingerprint density at radius 3 is 2.71 bits per heavy atom. The fraction of sp³-hybridized carbons (Fsp3) is 0.444. The molecule has 0 radical (unpaired) electrons. The maximum atomic E-state index is 5.37. The van der Waals surface area contributed by atoms with Gasteiger partial charge in [-0.15, -0.1) is 0 Å². The summed E-state index contributed by atoms with van der Waals surface area (Å²) < 4.78 is 7.29. The van der Waals surface area contributed by atoms with Crippen molar-refractivity contribution in [1.29, 1.82) is 0 Å².